The number of sulfonamides is 1. The van der Waals surface area contributed by atoms with Crippen molar-refractivity contribution in [2.75, 3.05) is 18.9 Å². The molecule has 1 aromatic heterocycles. The van der Waals surface area contributed by atoms with E-state index in [1.54, 1.807) is 42.5 Å². The van der Waals surface area contributed by atoms with E-state index in [1.807, 2.05) is 18.2 Å². The Balaban J connectivity index is 1.36. The van der Waals surface area contributed by atoms with Crippen LogP contribution in [0.3, 0.4) is 0 Å². The fourth-order valence-electron chi connectivity index (χ4n) is 3.85. The summed E-state index contributed by atoms with van der Waals surface area (Å²) in [5.74, 6) is 1.35. The molecule has 0 aliphatic rings. The van der Waals surface area contributed by atoms with Crippen molar-refractivity contribution in [2.45, 2.75) is 4.90 Å². The zero-order valence-electron chi connectivity index (χ0n) is 20.9. The van der Waals surface area contributed by atoms with Crippen molar-refractivity contribution >= 4 is 26.6 Å². The number of aromatic nitrogens is 1. The lowest BCUT2D eigenvalue weighted by atomic mass is 10.2. The summed E-state index contributed by atoms with van der Waals surface area (Å²) in [6.07, 6.45) is 1.53. The average Bonchev–Trinajstić information content (AvgIpc) is 2.94. The predicted octanol–water partition coefficient (Wildman–Crippen LogP) is 6.78. The van der Waals surface area contributed by atoms with Crippen LogP contribution in [0.15, 0.2) is 102 Å². The number of methoxy groups -OCH3 is 2. The zero-order chi connectivity index (χ0) is 27.4. The number of hydrogen-bond donors (Lipinski definition) is 1. The van der Waals surface area contributed by atoms with Crippen LogP contribution in [0.4, 0.5) is 10.1 Å². The Morgan fingerprint density at radius 1 is 0.718 bits per heavy atom. The summed E-state index contributed by atoms with van der Waals surface area (Å²) in [4.78, 5) is 4.27. The largest absolute Gasteiger partial charge is 0.493 e. The van der Waals surface area contributed by atoms with Crippen LogP contribution in [0.5, 0.6) is 34.5 Å². The first-order valence-corrected chi connectivity index (χ1v) is 13.2. The maximum atomic E-state index is 15.0. The minimum atomic E-state index is -4.03. The van der Waals surface area contributed by atoms with E-state index in [1.165, 1.54) is 44.7 Å². The van der Waals surface area contributed by atoms with E-state index in [-0.39, 0.29) is 16.3 Å². The molecule has 0 spiro atoms. The highest BCUT2D eigenvalue weighted by atomic mass is 32.2. The maximum absolute atomic E-state index is 15.0. The molecule has 1 heterocycles. The third-order valence-electron chi connectivity index (χ3n) is 5.71. The second-order valence-electron chi connectivity index (χ2n) is 8.28. The lowest BCUT2D eigenvalue weighted by Crippen LogP contribution is -2.13. The summed E-state index contributed by atoms with van der Waals surface area (Å²) >= 11 is 0. The molecular weight excluding hydrogens is 523 g/mol. The Hall–Kier alpha value is -4.83. The number of anilines is 1. The number of nitrogens with zero attached hydrogens (tertiary/aromatic N) is 1. The monoisotopic (exact) mass is 546 g/mol. The molecule has 8 nitrogen and oxygen atoms in total. The molecule has 5 rings (SSSR count). The Bertz CT molecular complexity index is 1750. The fraction of sp³-hybridized carbons (Fsp3) is 0.0690. The Labute approximate surface area is 224 Å². The van der Waals surface area contributed by atoms with Gasteiger partial charge in [-0.15, -0.1) is 0 Å². The van der Waals surface area contributed by atoms with Crippen molar-refractivity contribution in [3.8, 4) is 34.5 Å². The molecule has 10 heteroatoms. The van der Waals surface area contributed by atoms with Crippen LogP contribution < -0.4 is 23.7 Å². The number of rotatable bonds is 9. The molecule has 0 aliphatic carbocycles. The summed E-state index contributed by atoms with van der Waals surface area (Å²) in [5, 5.41) is 0.580. The van der Waals surface area contributed by atoms with Gasteiger partial charge in [0.25, 0.3) is 10.0 Å². The number of halogens is 1. The molecule has 4 aromatic carbocycles. The first-order chi connectivity index (χ1) is 18.9. The number of benzene rings is 4. The topological polar surface area (TPSA) is 96.0 Å². The molecule has 5 aromatic rings. The molecule has 198 valence electrons. The lowest BCUT2D eigenvalue weighted by molar-refractivity contribution is 0.355. The van der Waals surface area contributed by atoms with E-state index in [0.29, 0.717) is 39.7 Å². The van der Waals surface area contributed by atoms with Gasteiger partial charge in [-0.2, -0.15) is 0 Å². The number of fused-ring (bicyclic) bond motifs is 1. The smallest absolute Gasteiger partial charge is 0.262 e. The number of para-hydroxylation sites is 1. The molecule has 0 atom stereocenters. The highest BCUT2D eigenvalue weighted by Gasteiger charge is 2.18. The van der Waals surface area contributed by atoms with Gasteiger partial charge in [-0.3, -0.25) is 9.71 Å². The van der Waals surface area contributed by atoms with Crippen LogP contribution in [0.25, 0.3) is 10.9 Å². The second kappa shape index (κ2) is 10.9. The maximum Gasteiger partial charge on any atom is 0.262 e. The number of hydrogen-bond acceptors (Lipinski definition) is 7. The van der Waals surface area contributed by atoms with Gasteiger partial charge in [0.05, 0.1) is 30.3 Å². The van der Waals surface area contributed by atoms with Crippen molar-refractivity contribution in [3.05, 3.63) is 103 Å². The normalized spacial score (nSPS) is 11.2. The van der Waals surface area contributed by atoms with Crippen molar-refractivity contribution in [2.24, 2.45) is 0 Å². The van der Waals surface area contributed by atoms with Gasteiger partial charge in [0.15, 0.2) is 23.1 Å². The summed E-state index contributed by atoms with van der Waals surface area (Å²) in [5.41, 5.74) is 0.591. The molecule has 1 N–H and O–H groups in total. The van der Waals surface area contributed by atoms with Gasteiger partial charge in [0.2, 0.25) is 0 Å². The Kier molecular flexibility index (Phi) is 7.20. The van der Waals surface area contributed by atoms with E-state index in [9.17, 15) is 8.42 Å². The highest BCUT2D eigenvalue weighted by molar-refractivity contribution is 7.92. The second-order valence-corrected chi connectivity index (χ2v) is 9.96. The Morgan fingerprint density at radius 2 is 1.46 bits per heavy atom. The van der Waals surface area contributed by atoms with E-state index in [2.05, 4.69) is 9.71 Å². The van der Waals surface area contributed by atoms with Crippen LogP contribution in [0.1, 0.15) is 0 Å². The molecule has 39 heavy (non-hydrogen) atoms. The molecular formula is C29H23FN2O6S. The first-order valence-electron chi connectivity index (χ1n) is 11.7. The van der Waals surface area contributed by atoms with E-state index in [0.717, 1.165) is 6.07 Å². The number of ether oxygens (including phenoxy) is 4. The molecule has 0 bridgehead atoms. The van der Waals surface area contributed by atoms with Gasteiger partial charge in [0, 0.05) is 29.8 Å². The third kappa shape index (κ3) is 5.70. The van der Waals surface area contributed by atoms with Gasteiger partial charge < -0.3 is 18.9 Å². The molecule has 0 unspecified atom stereocenters. The summed E-state index contributed by atoms with van der Waals surface area (Å²) < 4.78 is 65.7. The minimum absolute atomic E-state index is 0.0280. The van der Waals surface area contributed by atoms with Gasteiger partial charge in [-0.05, 0) is 48.5 Å². The summed E-state index contributed by atoms with van der Waals surface area (Å²) in [6, 6.07) is 23.8. The third-order valence-corrected chi connectivity index (χ3v) is 7.08. The van der Waals surface area contributed by atoms with Gasteiger partial charge >= 0.3 is 0 Å². The zero-order valence-corrected chi connectivity index (χ0v) is 21.7. The van der Waals surface area contributed by atoms with Crippen LogP contribution in [-0.4, -0.2) is 27.6 Å². The number of pyridine rings is 1. The van der Waals surface area contributed by atoms with Crippen molar-refractivity contribution in [3.63, 3.8) is 0 Å². The van der Waals surface area contributed by atoms with Crippen molar-refractivity contribution < 1.29 is 31.8 Å². The fourth-order valence-corrected chi connectivity index (χ4v) is 4.93. The van der Waals surface area contributed by atoms with E-state index < -0.39 is 15.8 Å². The first kappa shape index (κ1) is 25.8. The minimum Gasteiger partial charge on any atom is -0.493 e. The molecule has 0 radical (unpaired) electrons. The SMILES string of the molecule is COc1cc2nccc(Oc3ccc(NS(=O)(=O)c4cccc(Oc5ccccc5)c4)cc3F)c2cc1OC. The summed E-state index contributed by atoms with van der Waals surface area (Å²) in [7, 11) is -1.01. The molecule has 0 aliphatic heterocycles. The molecule has 0 saturated carbocycles. The quantitative estimate of drug-likeness (QED) is 0.218. The van der Waals surface area contributed by atoms with E-state index in [4.69, 9.17) is 18.9 Å². The number of nitrogens with one attached hydrogen (secondary N) is 1. The highest BCUT2D eigenvalue weighted by Crippen LogP contribution is 2.37. The van der Waals surface area contributed by atoms with Gasteiger partial charge in [-0.25, -0.2) is 12.8 Å². The summed E-state index contributed by atoms with van der Waals surface area (Å²) in [6.45, 7) is 0. The van der Waals surface area contributed by atoms with Gasteiger partial charge in [-0.1, -0.05) is 24.3 Å². The van der Waals surface area contributed by atoms with Crippen LogP contribution in [0, 0.1) is 5.82 Å². The van der Waals surface area contributed by atoms with Crippen LogP contribution in [-0.2, 0) is 10.0 Å². The standard InChI is InChI=1S/C29H23FN2O6S/c1-35-28-17-23-25(18-29(28)36-2)31-14-13-26(23)38-27-12-11-19(15-24(27)30)32-39(33,34)22-10-6-9-21(16-22)37-20-7-4-3-5-8-20/h3-18,32H,1-2H3. The van der Waals surface area contributed by atoms with Crippen molar-refractivity contribution in [1.82, 2.24) is 4.98 Å². The average molecular weight is 547 g/mol. The predicted molar refractivity (Wildman–Crippen MR) is 145 cm³/mol. The van der Waals surface area contributed by atoms with Crippen molar-refractivity contribution in [1.29, 1.82) is 0 Å². The van der Waals surface area contributed by atoms with Gasteiger partial charge in [0.1, 0.15) is 17.2 Å². The molecule has 0 saturated heterocycles. The molecule has 0 amide bonds. The lowest BCUT2D eigenvalue weighted by Gasteiger charge is -2.14. The van der Waals surface area contributed by atoms with Crippen LogP contribution in [0.2, 0.25) is 0 Å². The Morgan fingerprint density at radius 3 is 2.21 bits per heavy atom. The van der Waals surface area contributed by atoms with Crippen LogP contribution >= 0.6 is 0 Å². The molecule has 0 fully saturated rings. The van der Waals surface area contributed by atoms with E-state index >= 15 is 4.39 Å².